The SMILES string of the molecule is CC(=O)CCCCc1nc2cc(-c3cc([C@@H](C)OCc4ccc(F)cc4)on3)ccc2c(=O)n1-c1ccc(F)cc1. The van der Waals surface area contributed by atoms with Crippen LogP contribution in [0, 0.1) is 11.6 Å². The van der Waals surface area contributed by atoms with E-state index >= 15 is 0 Å². The Kier molecular flexibility index (Phi) is 8.45. The van der Waals surface area contributed by atoms with Gasteiger partial charge in [-0.25, -0.2) is 13.8 Å². The Labute approximate surface area is 235 Å². The van der Waals surface area contributed by atoms with Crippen LogP contribution in [0.5, 0.6) is 0 Å². The number of carbonyl (C=O) groups is 1. The number of ether oxygens (including phenoxy) is 1. The van der Waals surface area contributed by atoms with Gasteiger partial charge < -0.3 is 14.1 Å². The molecular weight excluding hydrogens is 528 g/mol. The molecule has 0 unspecified atom stereocenters. The highest BCUT2D eigenvalue weighted by molar-refractivity contribution is 5.83. The number of Topliss-reactive ketones (excluding diaryl/α,β-unsaturated/α-hetero) is 1. The van der Waals surface area contributed by atoms with Crippen molar-refractivity contribution in [2.24, 2.45) is 0 Å². The van der Waals surface area contributed by atoms with Crippen molar-refractivity contribution in [3.63, 3.8) is 0 Å². The van der Waals surface area contributed by atoms with E-state index in [1.807, 2.05) is 6.92 Å². The molecule has 0 aliphatic carbocycles. The summed E-state index contributed by atoms with van der Waals surface area (Å²) >= 11 is 0. The van der Waals surface area contributed by atoms with Crippen LogP contribution in [0.2, 0.25) is 0 Å². The van der Waals surface area contributed by atoms with E-state index in [1.165, 1.54) is 28.8 Å². The molecule has 7 nitrogen and oxygen atoms in total. The van der Waals surface area contributed by atoms with Crippen LogP contribution in [0.4, 0.5) is 8.78 Å². The van der Waals surface area contributed by atoms with Gasteiger partial charge in [0, 0.05) is 24.5 Å². The molecule has 1 atom stereocenters. The van der Waals surface area contributed by atoms with Gasteiger partial charge in [-0.1, -0.05) is 23.4 Å². The van der Waals surface area contributed by atoms with Crippen LogP contribution in [0.3, 0.4) is 0 Å². The minimum absolute atomic E-state index is 0.110. The Morgan fingerprint density at radius 3 is 2.39 bits per heavy atom. The summed E-state index contributed by atoms with van der Waals surface area (Å²) in [5, 5.41) is 4.60. The van der Waals surface area contributed by atoms with Crippen LogP contribution in [0.1, 0.15) is 56.4 Å². The highest BCUT2D eigenvalue weighted by Crippen LogP contribution is 2.27. The normalized spacial score (nSPS) is 12.1. The molecule has 0 aliphatic heterocycles. The standard InChI is InChI=1S/C32H29F2N3O4/c1-20(38)5-3-4-6-31-35-29-17-23(9-16-27(29)32(39)37(31)26-14-12-25(34)13-15-26)28-18-30(41-36-28)21(2)40-19-22-7-10-24(33)11-8-22/h7-18,21H,3-6,19H2,1-2H3/t21-/m1/s1. The van der Waals surface area contributed by atoms with E-state index < -0.39 is 11.9 Å². The van der Waals surface area contributed by atoms with Crippen LogP contribution < -0.4 is 5.56 Å². The first kappa shape index (κ1) is 28.0. The molecule has 2 aromatic heterocycles. The Morgan fingerprint density at radius 1 is 0.976 bits per heavy atom. The zero-order valence-corrected chi connectivity index (χ0v) is 22.8. The Hall–Kier alpha value is -4.50. The summed E-state index contributed by atoms with van der Waals surface area (Å²) < 4.78 is 39.7. The lowest BCUT2D eigenvalue weighted by atomic mass is 10.1. The van der Waals surface area contributed by atoms with Gasteiger partial charge >= 0.3 is 0 Å². The molecule has 2 heterocycles. The number of halogens is 2. The van der Waals surface area contributed by atoms with Crippen molar-refractivity contribution in [3.05, 3.63) is 112 Å². The van der Waals surface area contributed by atoms with E-state index in [2.05, 4.69) is 5.16 Å². The van der Waals surface area contributed by atoms with Crippen molar-refractivity contribution >= 4 is 16.7 Å². The predicted molar refractivity (Wildman–Crippen MR) is 151 cm³/mol. The number of aromatic nitrogens is 3. The van der Waals surface area contributed by atoms with Gasteiger partial charge in [0.15, 0.2) is 5.76 Å². The van der Waals surface area contributed by atoms with Crippen molar-refractivity contribution in [3.8, 4) is 16.9 Å². The second-order valence-electron chi connectivity index (χ2n) is 9.98. The summed E-state index contributed by atoms with van der Waals surface area (Å²) in [6.07, 6.45) is 1.87. The number of unbranched alkanes of at least 4 members (excludes halogenated alkanes) is 1. The zero-order valence-electron chi connectivity index (χ0n) is 22.8. The first-order valence-electron chi connectivity index (χ1n) is 13.4. The molecule has 5 rings (SSSR count). The third kappa shape index (κ3) is 6.63. The maximum absolute atomic E-state index is 13.6. The third-order valence-electron chi connectivity index (χ3n) is 6.84. The summed E-state index contributed by atoms with van der Waals surface area (Å²) in [5.74, 6) is 0.456. The lowest BCUT2D eigenvalue weighted by Crippen LogP contribution is -2.24. The Balaban J connectivity index is 1.42. The average molecular weight is 558 g/mol. The number of carbonyl (C=O) groups excluding carboxylic acids is 1. The average Bonchev–Trinajstić information content (AvgIpc) is 3.46. The molecule has 5 aromatic rings. The third-order valence-corrected chi connectivity index (χ3v) is 6.84. The lowest BCUT2D eigenvalue weighted by Gasteiger charge is -2.14. The van der Waals surface area contributed by atoms with Crippen LogP contribution in [-0.4, -0.2) is 20.5 Å². The molecular formula is C32H29F2N3O4. The number of nitrogens with zero attached hydrogens (tertiary/aromatic N) is 3. The number of ketones is 1. The van der Waals surface area contributed by atoms with Crippen LogP contribution in [-0.2, 0) is 22.6 Å². The summed E-state index contributed by atoms with van der Waals surface area (Å²) in [6.45, 7) is 3.68. The van der Waals surface area contributed by atoms with Gasteiger partial charge in [0.1, 0.15) is 35.0 Å². The van der Waals surface area contributed by atoms with Gasteiger partial charge in [0.05, 0.1) is 23.2 Å². The largest absolute Gasteiger partial charge is 0.366 e. The molecule has 0 aliphatic rings. The first-order valence-corrected chi connectivity index (χ1v) is 13.4. The van der Waals surface area contributed by atoms with Crippen molar-refractivity contribution in [2.75, 3.05) is 0 Å². The summed E-state index contributed by atoms with van der Waals surface area (Å²) in [5.41, 5.74) is 2.86. The van der Waals surface area contributed by atoms with E-state index in [4.69, 9.17) is 14.2 Å². The van der Waals surface area contributed by atoms with Gasteiger partial charge in [-0.05, 0) is 80.8 Å². The van der Waals surface area contributed by atoms with Crippen LogP contribution in [0.25, 0.3) is 27.8 Å². The van der Waals surface area contributed by atoms with Gasteiger partial charge in [0.25, 0.3) is 5.56 Å². The van der Waals surface area contributed by atoms with E-state index in [1.54, 1.807) is 55.5 Å². The number of fused-ring (bicyclic) bond motifs is 1. The van der Waals surface area contributed by atoms with Crippen molar-refractivity contribution in [1.82, 2.24) is 14.7 Å². The Morgan fingerprint density at radius 2 is 1.68 bits per heavy atom. The molecule has 0 fully saturated rings. The second kappa shape index (κ2) is 12.3. The summed E-state index contributed by atoms with van der Waals surface area (Å²) in [4.78, 5) is 29.8. The molecule has 0 saturated heterocycles. The van der Waals surface area contributed by atoms with E-state index in [-0.39, 0.29) is 23.8 Å². The van der Waals surface area contributed by atoms with Gasteiger partial charge in [-0.2, -0.15) is 0 Å². The number of rotatable bonds is 11. The van der Waals surface area contributed by atoms with Crippen molar-refractivity contribution < 1.29 is 22.8 Å². The molecule has 0 N–H and O–H groups in total. The van der Waals surface area contributed by atoms with E-state index in [0.717, 1.165) is 5.56 Å². The van der Waals surface area contributed by atoms with Crippen molar-refractivity contribution in [1.29, 1.82) is 0 Å². The Bertz CT molecular complexity index is 1730. The molecule has 0 bridgehead atoms. The number of benzene rings is 3. The molecule has 0 radical (unpaired) electrons. The van der Waals surface area contributed by atoms with Crippen LogP contribution in [0.15, 0.2) is 82.1 Å². The molecule has 3 aromatic carbocycles. The molecule has 9 heteroatoms. The van der Waals surface area contributed by atoms with E-state index in [0.29, 0.717) is 65.1 Å². The zero-order chi connectivity index (χ0) is 28.9. The topological polar surface area (TPSA) is 87.2 Å². The minimum atomic E-state index is -0.399. The van der Waals surface area contributed by atoms with E-state index in [9.17, 15) is 18.4 Å². The fourth-order valence-electron chi connectivity index (χ4n) is 4.57. The van der Waals surface area contributed by atoms with Gasteiger partial charge in [-0.15, -0.1) is 0 Å². The number of hydrogen-bond donors (Lipinski definition) is 0. The fraction of sp³-hybridized carbons (Fsp3) is 0.250. The van der Waals surface area contributed by atoms with Gasteiger partial charge in [0.2, 0.25) is 0 Å². The molecule has 41 heavy (non-hydrogen) atoms. The predicted octanol–water partition coefficient (Wildman–Crippen LogP) is 6.90. The summed E-state index contributed by atoms with van der Waals surface area (Å²) in [6, 6.07) is 18.8. The molecule has 0 spiro atoms. The molecule has 0 amide bonds. The second-order valence-corrected chi connectivity index (χ2v) is 9.98. The number of aryl methyl sites for hydroxylation is 1. The van der Waals surface area contributed by atoms with Gasteiger partial charge in [-0.3, -0.25) is 9.36 Å². The van der Waals surface area contributed by atoms with Crippen LogP contribution >= 0.6 is 0 Å². The maximum Gasteiger partial charge on any atom is 0.265 e. The highest BCUT2D eigenvalue weighted by atomic mass is 19.1. The minimum Gasteiger partial charge on any atom is -0.366 e. The maximum atomic E-state index is 13.6. The molecule has 0 saturated carbocycles. The quantitative estimate of drug-likeness (QED) is 0.164. The fourth-order valence-corrected chi connectivity index (χ4v) is 4.57. The van der Waals surface area contributed by atoms with Crippen molar-refractivity contribution in [2.45, 2.75) is 52.2 Å². The smallest absolute Gasteiger partial charge is 0.265 e. The monoisotopic (exact) mass is 557 g/mol. The highest BCUT2D eigenvalue weighted by Gasteiger charge is 2.17. The number of hydrogen-bond acceptors (Lipinski definition) is 6. The molecule has 210 valence electrons. The lowest BCUT2D eigenvalue weighted by molar-refractivity contribution is -0.117. The summed E-state index contributed by atoms with van der Waals surface area (Å²) in [7, 11) is 0. The first-order chi connectivity index (χ1) is 19.8.